The fraction of sp³-hybridized carbons (Fsp3) is 0.429. The maximum absolute atomic E-state index is 12.5. The monoisotopic (exact) mass is 717 g/mol. The predicted molar refractivity (Wildman–Crippen MR) is 110 cm³/mol. The van der Waals surface area contributed by atoms with Gasteiger partial charge < -0.3 is 15.2 Å². The molecule has 1 saturated heterocycles. The number of carbonyl (C=O) groups is 1. The summed E-state index contributed by atoms with van der Waals surface area (Å²) in [7, 11) is 2.73. The number of anilines is 1. The van der Waals surface area contributed by atoms with Crippen molar-refractivity contribution in [2.24, 2.45) is 11.7 Å². The van der Waals surface area contributed by atoms with E-state index in [0.29, 0.717) is 12.1 Å². The number of hydroxylamine groups is 1. The zero-order valence-corrected chi connectivity index (χ0v) is 23.2. The second-order valence-electron chi connectivity index (χ2n) is 7.19. The van der Waals surface area contributed by atoms with Crippen LogP contribution in [0.3, 0.4) is 0 Å². The van der Waals surface area contributed by atoms with Crippen molar-refractivity contribution in [1.82, 2.24) is 4.98 Å². The number of primary amides is 1. The molecule has 1 aliphatic heterocycles. The normalized spacial score (nSPS) is 18.9. The van der Waals surface area contributed by atoms with Crippen LogP contribution in [0.15, 0.2) is 36.5 Å². The molecular weight excluding hydrogens is 691 g/mol. The van der Waals surface area contributed by atoms with E-state index in [1.54, 1.807) is 13.0 Å². The SMILES string of the molecule is CC1CCO[C@]1(C)C(F)(F)F.CN(O)c1ccnc(C(N)=O)c1.COc1cccc(F)c1F.[U]. The fourth-order valence-electron chi connectivity index (χ4n) is 2.62. The molecule has 13 heteroatoms. The number of pyridine rings is 1. The van der Waals surface area contributed by atoms with Crippen molar-refractivity contribution < 1.29 is 72.5 Å². The van der Waals surface area contributed by atoms with Crippen LogP contribution in [-0.4, -0.2) is 48.6 Å². The van der Waals surface area contributed by atoms with Crippen LogP contribution in [0.25, 0.3) is 0 Å². The number of alkyl halides is 3. The van der Waals surface area contributed by atoms with Crippen molar-refractivity contribution in [2.45, 2.75) is 32.0 Å². The molecule has 0 spiro atoms. The molecule has 34 heavy (non-hydrogen) atoms. The number of rotatable bonds is 3. The largest absolute Gasteiger partial charge is 0.494 e. The van der Waals surface area contributed by atoms with Gasteiger partial charge in [0.1, 0.15) is 5.69 Å². The van der Waals surface area contributed by atoms with Crippen LogP contribution in [0.5, 0.6) is 5.75 Å². The first-order chi connectivity index (χ1) is 15.2. The van der Waals surface area contributed by atoms with E-state index >= 15 is 0 Å². The number of amides is 1. The van der Waals surface area contributed by atoms with Gasteiger partial charge in [-0.05, 0) is 43.5 Å². The summed E-state index contributed by atoms with van der Waals surface area (Å²) in [5, 5.41) is 9.87. The van der Waals surface area contributed by atoms with Crippen molar-refractivity contribution in [1.29, 1.82) is 0 Å². The molecule has 2 atom stereocenters. The second-order valence-corrected chi connectivity index (χ2v) is 7.19. The Bertz CT molecular complexity index is 934. The van der Waals surface area contributed by atoms with E-state index in [1.165, 1.54) is 38.6 Å². The van der Waals surface area contributed by atoms with Gasteiger partial charge in [0.05, 0.1) is 12.8 Å². The smallest absolute Gasteiger partial charge is 0.417 e. The first kappa shape index (κ1) is 32.1. The summed E-state index contributed by atoms with van der Waals surface area (Å²) < 4.78 is 70.8. The minimum Gasteiger partial charge on any atom is -0.494 e. The van der Waals surface area contributed by atoms with Crippen LogP contribution in [-0.2, 0) is 4.74 Å². The van der Waals surface area contributed by atoms with Gasteiger partial charge in [-0.2, -0.15) is 17.6 Å². The summed E-state index contributed by atoms with van der Waals surface area (Å²) in [5.74, 6) is -2.94. The van der Waals surface area contributed by atoms with Crippen molar-refractivity contribution in [3.63, 3.8) is 0 Å². The Morgan fingerprint density at radius 3 is 2.32 bits per heavy atom. The van der Waals surface area contributed by atoms with Gasteiger partial charge in [-0.15, -0.1) is 0 Å². The summed E-state index contributed by atoms with van der Waals surface area (Å²) in [6.07, 6.45) is -2.33. The van der Waals surface area contributed by atoms with E-state index in [-0.39, 0.29) is 49.2 Å². The Labute approximate surface area is 217 Å². The fourth-order valence-corrected chi connectivity index (χ4v) is 2.62. The maximum Gasteiger partial charge on any atom is 0.417 e. The Balaban J connectivity index is 0.000000475. The molecule has 3 rings (SSSR count). The number of halogens is 5. The van der Waals surface area contributed by atoms with Gasteiger partial charge >= 0.3 is 6.18 Å². The number of benzene rings is 1. The minimum absolute atomic E-state index is 0. The topological polar surface area (TPSA) is 97.9 Å². The molecule has 1 aliphatic rings. The number of aromatic nitrogens is 1. The van der Waals surface area contributed by atoms with E-state index in [4.69, 9.17) is 15.7 Å². The van der Waals surface area contributed by atoms with E-state index in [1.807, 2.05) is 0 Å². The molecular formula is C21H26F5N3O4U. The molecule has 2 aromatic rings. The van der Waals surface area contributed by atoms with Crippen molar-refractivity contribution in [3.8, 4) is 5.75 Å². The number of methoxy groups -OCH3 is 1. The van der Waals surface area contributed by atoms with Gasteiger partial charge in [0.25, 0.3) is 5.91 Å². The Morgan fingerprint density at radius 1 is 1.32 bits per heavy atom. The molecule has 0 saturated carbocycles. The molecule has 188 valence electrons. The van der Waals surface area contributed by atoms with E-state index in [2.05, 4.69) is 9.72 Å². The van der Waals surface area contributed by atoms with Crippen LogP contribution in [0.1, 0.15) is 30.8 Å². The zero-order chi connectivity index (χ0) is 25.4. The number of ether oxygens (including phenoxy) is 2. The Morgan fingerprint density at radius 2 is 1.94 bits per heavy atom. The second kappa shape index (κ2) is 13.8. The van der Waals surface area contributed by atoms with Crippen molar-refractivity contribution >= 4 is 11.6 Å². The molecule has 1 aromatic carbocycles. The van der Waals surface area contributed by atoms with Crippen molar-refractivity contribution in [2.75, 3.05) is 25.8 Å². The quantitative estimate of drug-likeness (QED) is 0.363. The van der Waals surface area contributed by atoms with E-state index in [9.17, 15) is 26.7 Å². The Hall–Kier alpha value is -1.94. The molecule has 3 N–H and O–H groups in total. The third-order valence-electron chi connectivity index (χ3n) is 4.96. The molecule has 2 heterocycles. The molecule has 1 aromatic heterocycles. The first-order valence-electron chi connectivity index (χ1n) is 9.61. The van der Waals surface area contributed by atoms with Gasteiger partial charge in [-0.1, -0.05) is 13.0 Å². The van der Waals surface area contributed by atoms with Crippen LogP contribution in [0.2, 0.25) is 0 Å². The number of nitrogens with zero attached hydrogens (tertiary/aromatic N) is 2. The molecule has 0 radical (unpaired) electrons. The van der Waals surface area contributed by atoms with Gasteiger partial charge in [-0.3, -0.25) is 20.0 Å². The van der Waals surface area contributed by atoms with E-state index in [0.717, 1.165) is 18.1 Å². The summed E-state index contributed by atoms with van der Waals surface area (Å²) in [6.45, 7) is 2.91. The Kier molecular flexibility index (Phi) is 13.0. The maximum atomic E-state index is 12.5. The van der Waals surface area contributed by atoms with E-state index < -0.39 is 35.2 Å². The first-order valence-corrected chi connectivity index (χ1v) is 9.61. The average Bonchev–Trinajstić information content (AvgIpc) is 3.11. The predicted octanol–water partition coefficient (Wildman–Crippen LogP) is 4.34. The number of hydrogen-bond donors (Lipinski definition) is 2. The van der Waals surface area contributed by atoms with Gasteiger partial charge in [0, 0.05) is 51.0 Å². The molecule has 1 fully saturated rings. The zero-order valence-electron chi connectivity index (χ0n) is 19.0. The molecule has 1 unspecified atom stereocenters. The summed E-state index contributed by atoms with van der Waals surface area (Å²) in [4.78, 5) is 14.3. The minimum atomic E-state index is -4.23. The average molecular weight is 717 g/mol. The van der Waals surface area contributed by atoms with Crippen molar-refractivity contribution in [3.05, 3.63) is 53.9 Å². The van der Waals surface area contributed by atoms with Crippen LogP contribution in [0, 0.1) is 48.7 Å². The third-order valence-corrected chi connectivity index (χ3v) is 4.96. The van der Waals surface area contributed by atoms with Crippen LogP contribution >= 0.6 is 0 Å². The summed E-state index contributed by atoms with van der Waals surface area (Å²) in [6, 6.07) is 6.75. The number of carbonyl (C=O) groups excluding carboxylic acids is 1. The number of hydrogen-bond acceptors (Lipinski definition) is 6. The molecule has 7 nitrogen and oxygen atoms in total. The van der Waals surface area contributed by atoms with Gasteiger partial charge in [-0.25, -0.2) is 4.39 Å². The van der Waals surface area contributed by atoms with Crippen LogP contribution < -0.4 is 15.5 Å². The summed E-state index contributed by atoms with van der Waals surface area (Å²) in [5.41, 5.74) is 3.68. The summed E-state index contributed by atoms with van der Waals surface area (Å²) >= 11 is 0. The number of nitrogens with two attached hydrogens (primary N) is 1. The van der Waals surface area contributed by atoms with Crippen LogP contribution in [0.4, 0.5) is 27.6 Å². The third kappa shape index (κ3) is 8.69. The standard InChI is InChI=1S/C7H11F3O.C7H6F2O.C7H9N3O2.U/c1-5-3-4-11-6(5,2)7(8,9)10;1-10-6-4-2-3-5(8)7(6)9;1-10(12)5-2-3-9-6(4-5)7(8)11;/h5H,3-4H2,1-2H3;2-4H,1H3;2-4,12H,1H3,(H2,8,11);/t5?,6-;;;/m0.../s1. The molecule has 0 bridgehead atoms. The molecule has 1 amide bonds. The molecule has 0 aliphatic carbocycles. The van der Waals surface area contributed by atoms with Gasteiger partial charge in [0.2, 0.25) is 5.82 Å². The van der Waals surface area contributed by atoms with Gasteiger partial charge in [0.15, 0.2) is 17.2 Å².